The fraction of sp³-hybridized carbons (Fsp3) is 1.00. The van der Waals surface area contributed by atoms with Gasteiger partial charge < -0.3 is 4.74 Å². The molecule has 122 valence electrons. The molecule has 0 aliphatic heterocycles. The van der Waals surface area contributed by atoms with Crippen molar-refractivity contribution in [2.75, 3.05) is 24.7 Å². The Bertz CT molecular complexity index is 143. The molecule has 1 nitrogen and oxygen atoms in total. The number of unbranched alkanes of at least 4 members (excludes halogenated alkanes) is 10. The maximum atomic E-state index is 5.57. The molecule has 0 bridgehead atoms. The van der Waals surface area contributed by atoms with Crippen LogP contribution in [0.2, 0.25) is 0 Å². The molecular formula is C18H38OS. The number of ether oxygens (including phenoxy) is 1. The third kappa shape index (κ3) is 18.3. The number of hydrogen-bond acceptors (Lipinski definition) is 2. The molecule has 0 heterocycles. The minimum Gasteiger partial charge on any atom is -0.381 e. The van der Waals surface area contributed by atoms with Gasteiger partial charge in [0, 0.05) is 13.2 Å². The zero-order valence-corrected chi connectivity index (χ0v) is 14.9. The van der Waals surface area contributed by atoms with Crippen molar-refractivity contribution in [3.05, 3.63) is 0 Å². The molecular weight excluding hydrogens is 264 g/mol. The topological polar surface area (TPSA) is 9.23 Å². The van der Waals surface area contributed by atoms with Crippen LogP contribution in [0.1, 0.15) is 90.9 Å². The first-order valence-corrected chi connectivity index (χ1v) is 10.2. The van der Waals surface area contributed by atoms with Gasteiger partial charge in [-0.3, -0.25) is 0 Å². The number of hydrogen-bond donors (Lipinski definition) is 0. The summed E-state index contributed by atoms with van der Waals surface area (Å²) in [7, 11) is 0. The highest BCUT2D eigenvalue weighted by atomic mass is 32.2. The minimum atomic E-state index is 0.966. The molecule has 0 aromatic carbocycles. The Morgan fingerprint density at radius 1 is 0.600 bits per heavy atom. The SMILES string of the molecule is CCCCOCCCCCCCCCCCCSCC. The first kappa shape index (κ1) is 20.3. The van der Waals surface area contributed by atoms with E-state index in [1.807, 2.05) is 0 Å². The van der Waals surface area contributed by atoms with Crippen LogP contribution in [-0.4, -0.2) is 24.7 Å². The lowest BCUT2D eigenvalue weighted by Crippen LogP contribution is -1.96. The fourth-order valence-electron chi connectivity index (χ4n) is 2.32. The van der Waals surface area contributed by atoms with Gasteiger partial charge >= 0.3 is 0 Å². The highest BCUT2D eigenvalue weighted by Gasteiger charge is 1.94. The average molecular weight is 303 g/mol. The molecule has 0 fully saturated rings. The summed E-state index contributed by atoms with van der Waals surface area (Å²) >= 11 is 2.08. The Kier molecular flexibility index (Phi) is 19.6. The standard InChI is InChI=1S/C18H38OS/c1-3-5-16-19-17-14-12-10-8-6-7-9-11-13-15-18-20-4-2/h3-18H2,1-2H3. The van der Waals surface area contributed by atoms with Crippen LogP contribution in [-0.2, 0) is 4.74 Å². The molecule has 0 unspecified atom stereocenters. The van der Waals surface area contributed by atoms with Crippen molar-refractivity contribution < 1.29 is 4.74 Å². The second-order valence-corrected chi connectivity index (χ2v) is 7.09. The Morgan fingerprint density at radius 2 is 1.10 bits per heavy atom. The van der Waals surface area contributed by atoms with Crippen LogP contribution >= 0.6 is 11.8 Å². The van der Waals surface area contributed by atoms with E-state index in [1.54, 1.807) is 0 Å². The predicted octanol–water partition coefficient (Wildman–Crippen LogP) is 6.46. The molecule has 0 radical (unpaired) electrons. The molecule has 2 heteroatoms. The van der Waals surface area contributed by atoms with Crippen molar-refractivity contribution in [2.45, 2.75) is 90.9 Å². The van der Waals surface area contributed by atoms with Crippen LogP contribution in [0.5, 0.6) is 0 Å². The largest absolute Gasteiger partial charge is 0.381 e. The first-order chi connectivity index (χ1) is 9.91. The van der Waals surface area contributed by atoms with Crippen LogP contribution in [0.15, 0.2) is 0 Å². The first-order valence-electron chi connectivity index (χ1n) is 9.07. The Morgan fingerprint density at radius 3 is 1.65 bits per heavy atom. The van der Waals surface area contributed by atoms with Crippen molar-refractivity contribution >= 4 is 11.8 Å². The van der Waals surface area contributed by atoms with E-state index in [4.69, 9.17) is 4.74 Å². The van der Waals surface area contributed by atoms with Crippen LogP contribution in [0.25, 0.3) is 0 Å². The zero-order valence-electron chi connectivity index (χ0n) is 14.1. The summed E-state index contributed by atoms with van der Waals surface area (Å²) < 4.78 is 5.57. The molecule has 0 aliphatic carbocycles. The normalized spacial score (nSPS) is 11.1. The molecule has 0 saturated heterocycles. The third-order valence-corrected chi connectivity index (χ3v) is 4.66. The maximum absolute atomic E-state index is 5.57. The Labute approximate surface area is 132 Å². The average Bonchev–Trinajstić information content (AvgIpc) is 2.47. The lowest BCUT2D eigenvalue weighted by molar-refractivity contribution is 0.127. The van der Waals surface area contributed by atoms with Gasteiger partial charge in [-0.05, 0) is 30.8 Å². The molecule has 0 aromatic rings. The van der Waals surface area contributed by atoms with Crippen molar-refractivity contribution in [2.24, 2.45) is 0 Å². The smallest absolute Gasteiger partial charge is 0.0466 e. The summed E-state index contributed by atoms with van der Waals surface area (Å²) in [6.07, 6.45) is 16.6. The van der Waals surface area contributed by atoms with Crippen LogP contribution < -0.4 is 0 Å². The summed E-state index contributed by atoms with van der Waals surface area (Å²) in [5.41, 5.74) is 0. The summed E-state index contributed by atoms with van der Waals surface area (Å²) in [5.74, 6) is 2.65. The monoisotopic (exact) mass is 302 g/mol. The molecule has 0 N–H and O–H groups in total. The van der Waals surface area contributed by atoms with Crippen molar-refractivity contribution in [1.29, 1.82) is 0 Å². The Balaban J connectivity index is 2.89. The van der Waals surface area contributed by atoms with Crippen LogP contribution in [0, 0.1) is 0 Å². The van der Waals surface area contributed by atoms with Gasteiger partial charge in [0.05, 0.1) is 0 Å². The van der Waals surface area contributed by atoms with Gasteiger partial charge in [0.15, 0.2) is 0 Å². The van der Waals surface area contributed by atoms with Crippen molar-refractivity contribution in [3.8, 4) is 0 Å². The van der Waals surface area contributed by atoms with Crippen molar-refractivity contribution in [1.82, 2.24) is 0 Å². The third-order valence-electron chi connectivity index (χ3n) is 3.67. The highest BCUT2D eigenvalue weighted by Crippen LogP contribution is 2.12. The molecule has 0 amide bonds. The predicted molar refractivity (Wildman–Crippen MR) is 94.9 cm³/mol. The second kappa shape index (κ2) is 19.3. The molecule has 0 rings (SSSR count). The van der Waals surface area contributed by atoms with E-state index in [9.17, 15) is 0 Å². The van der Waals surface area contributed by atoms with Crippen molar-refractivity contribution in [3.63, 3.8) is 0 Å². The van der Waals surface area contributed by atoms with E-state index >= 15 is 0 Å². The molecule has 0 atom stereocenters. The van der Waals surface area contributed by atoms with E-state index in [1.165, 1.54) is 88.6 Å². The molecule has 0 aliphatic rings. The quantitative estimate of drug-likeness (QED) is 0.285. The highest BCUT2D eigenvalue weighted by molar-refractivity contribution is 7.99. The van der Waals surface area contributed by atoms with Crippen LogP contribution in [0.4, 0.5) is 0 Å². The van der Waals surface area contributed by atoms with Gasteiger partial charge in [-0.15, -0.1) is 0 Å². The van der Waals surface area contributed by atoms with Gasteiger partial charge in [-0.2, -0.15) is 11.8 Å². The van der Waals surface area contributed by atoms with E-state index in [-0.39, 0.29) is 0 Å². The van der Waals surface area contributed by atoms with Gasteiger partial charge in [-0.25, -0.2) is 0 Å². The lowest BCUT2D eigenvalue weighted by Gasteiger charge is -2.04. The summed E-state index contributed by atoms with van der Waals surface area (Å²) in [5, 5.41) is 0. The van der Waals surface area contributed by atoms with E-state index < -0.39 is 0 Å². The van der Waals surface area contributed by atoms with Gasteiger partial charge in [0.25, 0.3) is 0 Å². The summed E-state index contributed by atoms with van der Waals surface area (Å²) in [6, 6.07) is 0. The van der Waals surface area contributed by atoms with Crippen LogP contribution in [0.3, 0.4) is 0 Å². The van der Waals surface area contributed by atoms with E-state index in [0.717, 1.165) is 13.2 Å². The second-order valence-electron chi connectivity index (χ2n) is 5.70. The summed E-state index contributed by atoms with van der Waals surface area (Å²) in [6.45, 7) is 6.42. The van der Waals surface area contributed by atoms with Gasteiger partial charge in [0.1, 0.15) is 0 Å². The van der Waals surface area contributed by atoms with E-state index in [0.29, 0.717) is 0 Å². The molecule has 0 saturated carbocycles. The van der Waals surface area contributed by atoms with E-state index in [2.05, 4.69) is 25.6 Å². The van der Waals surface area contributed by atoms with Gasteiger partial charge in [-0.1, -0.05) is 71.6 Å². The van der Waals surface area contributed by atoms with Gasteiger partial charge in [0.2, 0.25) is 0 Å². The summed E-state index contributed by atoms with van der Waals surface area (Å²) in [4.78, 5) is 0. The molecule has 0 spiro atoms. The lowest BCUT2D eigenvalue weighted by atomic mass is 10.1. The molecule has 20 heavy (non-hydrogen) atoms. The maximum Gasteiger partial charge on any atom is 0.0466 e. The number of thioether (sulfide) groups is 1. The Hall–Kier alpha value is 0.310. The molecule has 0 aromatic heterocycles. The fourth-order valence-corrected chi connectivity index (χ4v) is 3.01. The number of rotatable bonds is 17. The minimum absolute atomic E-state index is 0.966. The zero-order chi connectivity index (χ0) is 14.7.